The van der Waals surface area contributed by atoms with Crippen molar-refractivity contribution in [2.75, 3.05) is 20.6 Å². The van der Waals surface area contributed by atoms with E-state index in [4.69, 9.17) is 4.98 Å². The largest absolute Gasteiger partial charge is 0.356 e. The Bertz CT molecular complexity index is 679. The smallest absolute Gasteiger partial charge is 0.193 e. The summed E-state index contributed by atoms with van der Waals surface area (Å²) < 4.78 is 4.45. The van der Waals surface area contributed by atoms with Gasteiger partial charge in [0.15, 0.2) is 5.96 Å². The molecule has 0 fully saturated rings. The molecule has 0 amide bonds. The van der Waals surface area contributed by atoms with E-state index >= 15 is 0 Å². The van der Waals surface area contributed by atoms with Crippen molar-refractivity contribution >= 4 is 29.9 Å². The van der Waals surface area contributed by atoms with Crippen LogP contribution in [-0.2, 0) is 33.0 Å². The highest BCUT2D eigenvalue weighted by Crippen LogP contribution is 2.14. The number of hydrogen-bond acceptors (Lipinski definition) is 2. The molecule has 0 atom stereocenters. The number of aromatic nitrogens is 3. The van der Waals surface area contributed by atoms with Crippen LogP contribution < -0.4 is 5.32 Å². The van der Waals surface area contributed by atoms with Crippen LogP contribution >= 0.6 is 24.0 Å². The van der Waals surface area contributed by atoms with Crippen molar-refractivity contribution in [1.29, 1.82) is 0 Å². The van der Waals surface area contributed by atoms with Gasteiger partial charge in [0.2, 0.25) is 0 Å². The normalized spacial score (nSPS) is 14.0. The minimum absolute atomic E-state index is 0. The quantitative estimate of drug-likeness (QED) is 0.427. The fraction of sp³-hybridized carbons (Fsp3) is 0.556. The number of rotatable bonds is 5. The van der Waals surface area contributed by atoms with Gasteiger partial charge in [0.05, 0.1) is 12.2 Å². The van der Waals surface area contributed by atoms with Gasteiger partial charge >= 0.3 is 0 Å². The minimum atomic E-state index is 0. The van der Waals surface area contributed by atoms with Gasteiger partial charge < -0.3 is 19.4 Å². The van der Waals surface area contributed by atoms with Gasteiger partial charge in [-0.05, 0) is 25.0 Å². The van der Waals surface area contributed by atoms with Crippen molar-refractivity contribution in [3.05, 3.63) is 41.7 Å². The Kier molecular flexibility index (Phi) is 7.34. The third kappa shape index (κ3) is 4.99. The molecule has 3 heterocycles. The topological polar surface area (TPSA) is 50.4 Å². The van der Waals surface area contributed by atoms with Crippen molar-refractivity contribution in [2.24, 2.45) is 12.0 Å². The van der Waals surface area contributed by atoms with Gasteiger partial charge in [-0.1, -0.05) is 0 Å². The van der Waals surface area contributed by atoms with Crippen LogP contribution in [0.4, 0.5) is 0 Å². The van der Waals surface area contributed by atoms with E-state index in [2.05, 4.69) is 63.0 Å². The van der Waals surface area contributed by atoms with Crippen LogP contribution in [0.1, 0.15) is 30.1 Å². The molecule has 0 saturated heterocycles. The summed E-state index contributed by atoms with van der Waals surface area (Å²) in [6.45, 7) is 2.80. The van der Waals surface area contributed by atoms with Gasteiger partial charge in [-0.3, -0.25) is 4.99 Å². The maximum absolute atomic E-state index is 4.76. The zero-order valence-electron chi connectivity index (χ0n) is 15.4. The van der Waals surface area contributed by atoms with Gasteiger partial charge in [-0.2, -0.15) is 0 Å². The second-order valence-electron chi connectivity index (χ2n) is 6.49. The summed E-state index contributed by atoms with van der Waals surface area (Å²) in [6.07, 6.45) is 8.88. The molecule has 25 heavy (non-hydrogen) atoms. The molecule has 2 aromatic rings. The Morgan fingerprint density at radius 2 is 2.24 bits per heavy atom. The van der Waals surface area contributed by atoms with Crippen LogP contribution in [0.15, 0.2) is 29.5 Å². The number of nitrogens with one attached hydrogen (secondary N) is 1. The summed E-state index contributed by atoms with van der Waals surface area (Å²) in [5.74, 6) is 2.17. The maximum atomic E-state index is 4.76. The predicted octanol–water partition coefficient (Wildman–Crippen LogP) is 2.43. The molecule has 0 radical (unpaired) electrons. The fourth-order valence-electron chi connectivity index (χ4n) is 3.26. The van der Waals surface area contributed by atoms with Crippen molar-refractivity contribution in [1.82, 2.24) is 24.3 Å². The summed E-state index contributed by atoms with van der Waals surface area (Å²) in [5, 5.41) is 3.45. The monoisotopic (exact) mass is 456 g/mol. The van der Waals surface area contributed by atoms with Gasteiger partial charge in [0.25, 0.3) is 0 Å². The molecule has 1 aliphatic rings. The van der Waals surface area contributed by atoms with E-state index in [1.807, 2.05) is 7.05 Å². The van der Waals surface area contributed by atoms with Crippen molar-refractivity contribution in [2.45, 2.75) is 38.8 Å². The summed E-state index contributed by atoms with van der Waals surface area (Å²) in [7, 11) is 5.97. The Labute approximate surface area is 167 Å². The lowest BCUT2D eigenvalue weighted by Gasteiger charge is -2.22. The Morgan fingerprint density at radius 3 is 2.92 bits per heavy atom. The van der Waals surface area contributed by atoms with Crippen molar-refractivity contribution < 1.29 is 0 Å². The van der Waals surface area contributed by atoms with Crippen LogP contribution in [-0.4, -0.2) is 45.6 Å². The molecule has 2 aromatic heterocycles. The van der Waals surface area contributed by atoms with Gasteiger partial charge in [0, 0.05) is 65.2 Å². The third-order valence-corrected chi connectivity index (χ3v) is 4.65. The minimum Gasteiger partial charge on any atom is -0.356 e. The molecule has 0 unspecified atom stereocenters. The lowest BCUT2D eigenvalue weighted by Crippen LogP contribution is -2.39. The molecule has 3 rings (SSSR count). The van der Waals surface area contributed by atoms with Crippen LogP contribution in [0.3, 0.4) is 0 Å². The summed E-state index contributed by atoms with van der Waals surface area (Å²) in [4.78, 5) is 11.3. The molecule has 0 spiro atoms. The first-order chi connectivity index (χ1) is 11.7. The number of halogens is 1. The van der Waals surface area contributed by atoms with Crippen LogP contribution in [0.2, 0.25) is 0 Å². The highest BCUT2D eigenvalue weighted by molar-refractivity contribution is 14.0. The molecule has 138 valence electrons. The van der Waals surface area contributed by atoms with E-state index in [-0.39, 0.29) is 24.0 Å². The van der Waals surface area contributed by atoms with Crippen LogP contribution in [0.25, 0.3) is 0 Å². The van der Waals surface area contributed by atoms with E-state index in [0.29, 0.717) is 0 Å². The Balaban J connectivity index is 0.00000225. The molecule has 1 N–H and O–H groups in total. The number of fused-ring (bicyclic) bond motifs is 1. The number of aryl methyl sites for hydroxylation is 3. The zero-order valence-corrected chi connectivity index (χ0v) is 17.7. The summed E-state index contributed by atoms with van der Waals surface area (Å²) in [6, 6.07) is 4.21. The fourth-order valence-corrected chi connectivity index (χ4v) is 3.26. The first-order valence-corrected chi connectivity index (χ1v) is 8.74. The number of hydrogen-bond donors (Lipinski definition) is 1. The molecular weight excluding hydrogens is 427 g/mol. The third-order valence-electron chi connectivity index (χ3n) is 4.65. The SMILES string of the molecule is CN=C(NCCc1cn2c(n1)CCCC2)N(C)Cc1cccn1C.I. The van der Waals surface area contributed by atoms with E-state index in [0.717, 1.165) is 38.4 Å². The van der Waals surface area contributed by atoms with Gasteiger partial charge in [-0.15, -0.1) is 24.0 Å². The highest BCUT2D eigenvalue weighted by atomic mass is 127. The van der Waals surface area contributed by atoms with Crippen LogP contribution in [0.5, 0.6) is 0 Å². The predicted molar refractivity (Wildman–Crippen MR) is 113 cm³/mol. The molecule has 7 heteroatoms. The Morgan fingerprint density at radius 1 is 1.40 bits per heavy atom. The first-order valence-electron chi connectivity index (χ1n) is 8.74. The number of guanidine groups is 1. The Hall–Kier alpha value is -1.51. The second kappa shape index (κ2) is 9.26. The van der Waals surface area contributed by atoms with Gasteiger partial charge in [-0.25, -0.2) is 4.98 Å². The zero-order chi connectivity index (χ0) is 16.9. The lowest BCUT2D eigenvalue weighted by atomic mass is 10.2. The highest BCUT2D eigenvalue weighted by Gasteiger charge is 2.12. The second-order valence-corrected chi connectivity index (χ2v) is 6.49. The first kappa shape index (κ1) is 19.8. The van der Waals surface area contributed by atoms with Crippen molar-refractivity contribution in [3.63, 3.8) is 0 Å². The summed E-state index contributed by atoms with van der Waals surface area (Å²) >= 11 is 0. The number of imidazole rings is 1. The average molecular weight is 456 g/mol. The molecule has 0 aliphatic carbocycles. The number of aliphatic imine (C=N–C) groups is 1. The van der Waals surface area contributed by atoms with Crippen molar-refractivity contribution in [3.8, 4) is 0 Å². The summed E-state index contributed by atoms with van der Waals surface area (Å²) in [5.41, 5.74) is 2.45. The molecule has 0 aromatic carbocycles. The maximum Gasteiger partial charge on any atom is 0.193 e. The molecule has 6 nitrogen and oxygen atoms in total. The van der Waals surface area contributed by atoms with E-state index in [9.17, 15) is 0 Å². The number of nitrogens with zero attached hydrogens (tertiary/aromatic N) is 5. The van der Waals surface area contributed by atoms with E-state index in [1.165, 1.54) is 30.1 Å². The van der Waals surface area contributed by atoms with Gasteiger partial charge in [0.1, 0.15) is 5.82 Å². The molecular formula is C18H29IN6. The standard InChI is InChI=1S/C18H28N6.HI/c1-19-18(23(3)14-16-7-6-11-22(16)2)20-10-9-15-13-24-12-5-4-8-17(24)21-15;/h6-7,11,13H,4-5,8-10,12,14H2,1-3H3,(H,19,20);1H. The molecule has 0 saturated carbocycles. The van der Waals surface area contributed by atoms with E-state index in [1.54, 1.807) is 0 Å². The van der Waals surface area contributed by atoms with Crippen LogP contribution in [0, 0.1) is 0 Å². The molecule has 0 bridgehead atoms. The van der Waals surface area contributed by atoms with E-state index < -0.39 is 0 Å². The molecule has 1 aliphatic heterocycles. The lowest BCUT2D eigenvalue weighted by molar-refractivity contribution is 0.462. The average Bonchev–Trinajstić information content (AvgIpc) is 3.17.